The maximum atomic E-state index is 13.1. The number of ether oxygens (including phenoxy) is 1. The number of amides is 1. The number of hydrogen-bond donors (Lipinski definition) is 3. The third-order valence-electron chi connectivity index (χ3n) is 9.85. The summed E-state index contributed by atoms with van der Waals surface area (Å²) in [6.45, 7) is 6.17. The smallest absolute Gasteiger partial charge is 0.306 e. The van der Waals surface area contributed by atoms with Gasteiger partial charge in [0.15, 0.2) is 0 Å². The minimum absolute atomic E-state index is 0.0256. The Bertz CT molecular complexity index is 1100. The van der Waals surface area contributed by atoms with Crippen LogP contribution in [0.1, 0.15) is 194 Å². The van der Waals surface area contributed by atoms with E-state index in [0.29, 0.717) is 19.3 Å². The van der Waals surface area contributed by atoms with Crippen LogP contribution in [0.15, 0.2) is 85.1 Å². The Hall–Kier alpha value is -2.96. The molecule has 0 aliphatic heterocycles. The zero-order valence-electron chi connectivity index (χ0n) is 36.2. The van der Waals surface area contributed by atoms with Crippen LogP contribution in [0.4, 0.5) is 0 Å². The highest BCUT2D eigenvalue weighted by molar-refractivity contribution is 5.77. The molecule has 0 aromatic heterocycles. The average Bonchev–Trinajstić information content (AvgIpc) is 3.19. The molecule has 3 N–H and O–H groups in total. The molecule has 1 amide bonds. The Labute approximate surface area is 344 Å². The van der Waals surface area contributed by atoms with E-state index in [2.05, 4.69) is 56.5 Å². The number of nitrogens with one attached hydrogen (secondary N) is 1. The van der Waals surface area contributed by atoms with Crippen molar-refractivity contribution < 1.29 is 24.5 Å². The Morgan fingerprint density at radius 1 is 0.571 bits per heavy atom. The first-order valence-corrected chi connectivity index (χ1v) is 22.9. The zero-order valence-corrected chi connectivity index (χ0v) is 36.2. The number of aliphatic hydroxyl groups is 2. The van der Waals surface area contributed by atoms with Gasteiger partial charge >= 0.3 is 5.97 Å². The van der Waals surface area contributed by atoms with E-state index in [9.17, 15) is 19.8 Å². The molecule has 0 spiro atoms. The summed E-state index contributed by atoms with van der Waals surface area (Å²) in [4.78, 5) is 25.9. The van der Waals surface area contributed by atoms with Gasteiger partial charge in [0, 0.05) is 12.8 Å². The number of rotatable bonds is 39. The SMILES string of the molecule is CC/C=C/C=C/C=C\C=C/C=C/CC(CC(=O)NC(CO)C(O)CCCCCCCCCCCCCC)OC(=O)CCCCCCCCC/C=C/C/C=C/CC. The topological polar surface area (TPSA) is 95.9 Å². The van der Waals surface area contributed by atoms with Crippen LogP contribution in [0.3, 0.4) is 0 Å². The van der Waals surface area contributed by atoms with Gasteiger partial charge in [0.05, 0.1) is 25.2 Å². The monoisotopic (exact) mass is 780 g/mol. The lowest BCUT2D eigenvalue weighted by atomic mass is 10.0. The molecule has 0 aliphatic rings. The fourth-order valence-electron chi connectivity index (χ4n) is 6.43. The van der Waals surface area contributed by atoms with Gasteiger partial charge in [-0.3, -0.25) is 9.59 Å². The van der Waals surface area contributed by atoms with Gasteiger partial charge in [0.25, 0.3) is 0 Å². The molecule has 0 saturated carbocycles. The van der Waals surface area contributed by atoms with Crippen LogP contribution in [-0.4, -0.2) is 46.9 Å². The second-order valence-electron chi connectivity index (χ2n) is 15.2. The van der Waals surface area contributed by atoms with Crippen molar-refractivity contribution in [2.45, 2.75) is 212 Å². The Morgan fingerprint density at radius 3 is 1.64 bits per heavy atom. The predicted octanol–water partition coefficient (Wildman–Crippen LogP) is 13.2. The summed E-state index contributed by atoms with van der Waals surface area (Å²) in [5, 5.41) is 23.6. The zero-order chi connectivity index (χ0) is 41.0. The summed E-state index contributed by atoms with van der Waals surface area (Å²) in [6, 6.07) is -0.743. The van der Waals surface area contributed by atoms with Gasteiger partial charge in [-0.25, -0.2) is 0 Å². The third kappa shape index (κ3) is 37.9. The average molecular weight is 780 g/mol. The summed E-state index contributed by atoms with van der Waals surface area (Å²) >= 11 is 0. The predicted molar refractivity (Wildman–Crippen MR) is 241 cm³/mol. The maximum absolute atomic E-state index is 13.1. The van der Waals surface area contributed by atoms with Crippen molar-refractivity contribution in [2.75, 3.05) is 6.61 Å². The van der Waals surface area contributed by atoms with E-state index in [4.69, 9.17) is 4.74 Å². The molecule has 0 aromatic rings. The summed E-state index contributed by atoms with van der Waals surface area (Å²) in [5.74, 6) is -0.625. The molecule has 0 bridgehead atoms. The highest BCUT2D eigenvalue weighted by atomic mass is 16.5. The van der Waals surface area contributed by atoms with E-state index >= 15 is 0 Å². The molecule has 3 atom stereocenters. The van der Waals surface area contributed by atoms with Crippen molar-refractivity contribution >= 4 is 11.9 Å². The molecular weight excluding hydrogens is 695 g/mol. The lowest BCUT2D eigenvalue weighted by Gasteiger charge is -2.24. The second kappa shape index (κ2) is 43.2. The molecule has 320 valence electrons. The van der Waals surface area contributed by atoms with Crippen LogP contribution >= 0.6 is 0 Å². The van der Waals surface area contributed by atoms with Gasteiger partial charge in [-0.15, -0.1) is 0 Å². The largest absolute Gasteiger partial charge is 0.461 e. The molecule has 6 heteroatoms. The number of hydrogen-bond acceptors (Lipinski definition) is 5. The van der Waals surface area contributed by atoms with Crippen molar-refractivity contribution in [3.63, 3.8) is 0 Å². The minimum Gasteiger partial charge on any atom is -0.461 e. The summed E-state index contributed by atoms with van der Waals surface area (Å²) in [7, 11) is 0. The molecular formula is C50H85NO5. The first kappa shape index (κ1) is 53.0. The number of aliphatic hydroxyl groups excluding tert-OH is 2. The fraction of sp³-hybridized carbons (Fsp3) is 0.680. The molecule has 0 radical (unpaired) electrons. The van der Waals surface area contributed by atoms with Crippen LogP contribution in [0, 0.1) is 0 Å². The standard InChI is InChI=1S/C50H85NO5/c1-4-7-10-13-16-19-22-24-25-28-31-34-37-40-43-50(55)56-46(41-38-35-32-29-26-21-18-15-12-9-6-3)44-49(54)51-47(45-52)48(53)42-39-36-33-30-27-23-20-17-14-11-8-5-2/h7,9-10,12,15-16,18-19,21,26,29,32,35,38,46-48,52-53H,4-6,8,11,13-14,17,20,22-25,27-28,30-31,33-34,36-37,39-45H2,1-3H3,(H,51,54)/b10-7+,12-9+,18-15+,19-16+,26-21-,32-29-,38-35+. The maximum Gasteiger partial charge on any atom is 0.306 e. The molecule has 0 aromatic carbocycles. The fourth-order valence-corrected chi connectivity index (χ4v) is 6.43. The van der Waals surface area contributed by atoms with E-state index in [1.165, 1.54) is 83.5 Å². The van der Waals surface area contributed by atoms with Crippen molar-refractivity contribution in [1.29, 1.82) is 0 Å². The third-order valence-corrected chi connectivity index (χ3v) is 9.85. The molecule has 0 saturated heterocycles. The second-order valence-corrected chi connectivity index (χ2v) is 15.2. The molecule has 3 unspecified atom stereocenters. The van der Waals surface area contributed by atoms with Crippen LogP contribution in [0.5, 0.6) is 0 Å². The number of carbonyl (C=O) groups excluding carboxylic acids is 2. The van der Waals surface area contributed by atoms with E-state index < -0.39 is 18.2 Å². The first-order chi connectivity index (χ1) is 27.5. The number of carbonyl (C=O) groups is 2. The molecule has 0 fully saturated rings. The summed E-state index contributed by atoms with van der Waals surface area (Å²) < 4.78 is 5.81. The van der Waals surface area contributed by atoms with E-state index in [1.54, 1.807) is 0 Å². The highest BCUT2D eigenvalue weighted by Crippen LogP contribution is 2.16. The van der Waals surface area contributed by atoms with Gasteiger partial charge < -0.3 is 20.3 Å². The van der Waals surface area contributed by atoms with Crippen LogP contribution in [0.25, 0.3) is 0 Å². The molecule has 0 rings (SSSR count). The highest BCUT2D eigenvalue weighted by Gasteiger charge is 2.23. The van der Waals surface area contributed by atoms with Gasteiger partial charge in [-0.1, -0.05) is 215 Å². The quantitative estimate of drug-likeness (QED) is 0.0250. The van der Waals surface area contributed by atoms with Gasteiger partial charge in [0.2, 0.25) is 5.91 Å². The number of unbranched alkanes of at least 4 members (excludes halogenated alkanes) is 18. The van der Waals surface area contributed by atoms with Crippen molar-refractivity contribution in [1.82, 2.24) is 5.32 Å². The number of allylic oxidation sites excluding steroid dienone is 13. The van der Waals surface area contributed by atoms with Gasteiger partial charge in [0.1, 0.15) is 6.10 Å². The molecule has 6 nitrogen and oxygen atoms in total. The number of esters is 1. The Balaban J connectivity index is 4.73. The normalized spacial score (nSPS) is 14.2. The molecule has 0 aliphatic carbocycles. The Morgan fingerprint density at radius 2 is 1.07 bits per heavy atom. The van der Waals surface area contributed by atoms with E-state index in [1.807, 2.05) is 54.7 Å². The van der Waals surface area contributed by atoms with Gasteiger partial charge in [-0.05, 0) is 44.9 Å². The first-order valence-electron chi connectivity index (χ1n) is 22.9. The summed E-state index contributed by atoms with van der Waals surface area (Å²) in [6.07, 6.45) is 55.2. The molecule has 56 heavy (non-hydrogen) atoms. The van der Waals surface area contributed by atoms with E-state index in [0.717, 1.165) is 64.2 Å². The van der Waals surface area contributed by atoms with Crippen molar-refractivity contribution in [3.05, 3.63) is 85.1 Å². The van der Waals surface area contributed by atoms with E-state index in [-0.39, 0.29) is 24.9 Å². The molecule has 0 heterocycles. The summed E-state index contributed by atoms with van der Waals surface area (Å²) in [5.41, 5.74) is 0. The lowest BCUT2D eigenvalue weighted by Crippen LogP contribution is -2.46. The Kier molecular flexibility index (Phi) is 40.9. The lowest BCUT2D eigenvalue weighted by molar-refractivity contribution is -0.150. The van der Waals surface area contributed by atoms with Crippen molar-refractivity contribution in [3.8, 4) is 0 Å². The van der Waals surface area contributed by atoms with Gasteiger partial charge in [-0.2, -0.15) is 0 Å². The van der Waals surface area contributed by atoms with Crippen LogP contribution < -0.4 is 5.32 Å². The van der Waals surface area contributed by atoms with Crippen molar-refractivity contribution in [2.24, 2.45) is 0 Å². The van der Waals surface area contributed by atoms with Crippen LogP contribution in [-0.2, 0) is 14.3 Å². The minimum atomic E-state index is -0.821. The van der Waals surface area contributed by atoms with Crippen LogP contribution in [0.2, 0.25) is 0 Å².